The van der Waals surface area contributed by atoms with Gasteiger partial charge in [0, 0.05) is 16.7 Å². The van der Waals surface area contributed by atoms with Gasteiger partial charge in [-0.05, 0) is 45.9 Å². The summed E-state index contributed by atoms with van der Waals surface area (Å²) >= 11 is 2.30. The van der Waals surface area contributed by atoms with E-state index >= 15 is 0 Å². The van der Waals surface area contributed by atoms with E-state index in [1.807, 2.05) is 42.5 Å². The lowest BCUT2D eigenvalue weighted by Crippen LogP contribution is -2.28. The minimum Gasteiger partial charge on any atom is -0.330 e. The molecule has 0 N–H and O–H groups in total. The second-order valence-electron chi connectivity index (χ2n) is 4.48. The SMILES string of the molecule is C=CC(=O)N(Cc1ccccc1)Cc1ccccc1I. The Bertz CT molecular complexity index is 595. The molecule has 0 fully saturated rings. The van der Waals surface area contributed by atoms with Crippen LogP contribution in [0.2, 0.25) is 0 Å². The lowest BCUT2D eigenvalue weighted by atomic mass is 10.1. The normalized spacial score (nSPS) is 10.1. The molecule has 0 saturated heterocycles. The number of hydrogen-bond acceptors (Lipinski definition) is 1. The fraction of sp³-hybridized carbons (Fsp3) is 0.118. The van der Waals surface area contributed by atoms with Crippen LogP contribution in [0.1, 0.15) is 11.1 Å². The van der Waals surface area contributed by atoms with E-state index in [1.54, 1.807) is 4.90 Å². The van der Waals surface area contributed by atoms with Crippen LogP contribution in [0.4, 0.5) is 0 Å². The molecule has 0 aliphatic carbocycles. The number of carbonyl (C=O) groups excluding carboxylic acids is 1. The molecule has 0 spiro atoms. The molecular weight excluding hydrogens is 361 g/mol. The fourth-order valence-corrected chi connectivity index (χ4v) is 2.53. The van der Waals surface area contributed by atoms with Gasteiger partial charge in [-0.25, -0.2) is 0 Å². The molecule has 0 aromatic heterocycles. The third-order valence-corrected chi connectivity index (χ3v) is 4.07. The van der Waals surface area contributed by atoms with Gasteiger partial charge in [0.2, 0.25) is 5.91 Å². The number of amides is 1. The van der Waals surface area contributed by atoms with Crippen molar-refractivity contribution in [3.05, 3.63) is 81.9 Å². The zero-order chi connectivity index (χ0) is 14.4. The van der Waals surface area contributed by atoms with Crippen LogP contribution < -0.4 is 0 Å². The van der Waals surface area contributed by atoms with E-state index < -0.39 is 0 Å². The first-order valence-electron chi connectivity index (χ1n) is 6.39. The molecule has 0 aliphatic heterocycles. The first kappa shape index (κ1) is 14.8. The number of benzene rings is 2. The van der Waals surface area contributed by atoms with Crippen LogP contribution in [0.25, 0.3) is 0 Å². The molecule has 20 heavy (non-hydrogen) atoms. The summed E-state index contributed by atoms with van der Waals surface area (Å²) in [6.07, 6.45) is 1.37. The third kappa shape index (κ3) is 3.93. The number of hydrogen-bond donors (Lipinski definition) is 0. The highest BCUT2D eigenvalue weighted by Gasteiger charge is 2.12. The van der Waals surface area contributed by atoms with Crippen molar-refractivity contribution in [2.45, 2.75) is 13.1 Å². The molecule has 2 aromatic carbocycles. The molecule has 102 valence electrons. The van der Waals surface area contributed by atoms with E-state index in [9.17, 15) is 4.79 Å². The smallest absolute Gasteiger partial charge is 0.246 e. The first-order valence-corrected chi connectivity index (χ1v) is 7.47. The average Bonchev–Trinajstić information content (AvgIpc) is 2.49. The maximum absolute atomic E-state index is 12.0. The van der Waals surface area contributed by atoms with Crippen LogP contribution in [-0.4, -0.2) is 10.8 Å². The zero-order valence-electron chi connectivity index (χ0n) is 11.1. The Morgan fingerprint density at radius 2 is 1.70 bits per heavy atom. The number of nitrogens with zero attached hydrogens (tertiary/aromatic N) is 1. The molecule has 0 saturated carbocycles. The summed E-state index contributed by atoms with van der Waals surface area (Å²) < 4.78 is 1.17. The minimum absolute atomic E-state index is 0.0477. The lowest BCUT2D eigenvalue weighted by Gasteiger charge is -2.22. The van der Waals surface area contributed by atoms with Crippen LogP contribution in [0, 0.1) is 3.57 Å². The van der Waals surface area contributed by atoms with Gasteiger partial charge in [-0.2, -0.15) is 0 Å². The molecule has 0 aliphatic rings. The van der Waals surface area contributed by atoms with E-state index in [-0.39, 0.29) is 5.91 Å². The molecule has 0 heterocycles. The molecule has 2 aromatic rings. The van der Waals surface area contributed by atoms with Gasteiger partial charge in [-0.3, -0.25) is 4.79 Å². The summed E-state index contributed by atoms with van der Waals surface area (Å²) in [4.78, 5) is 13.8. The zero-order valence-corrected chi connectivity index (χ0v) is 13.3. The van der Waals surface area contributed by atoms with E-state index in [1.165, 1.54) is 9.65 Å². The highest BCUT2D eigenvalue weighted by atomic mass is 127. The monoisotopic (exact) mass is 377 g/mol. The maximum atomic E-state index is 12.0. The molecule has 2 nitrogen and oxygen atoms in total. The summed E-state index contributed by atoms with van der Waals surface area (Å²) in [5.74, 6) is -0.0477. The number of carbonyl (C=O) groups is 1. The van der Waals surface area contributed by atoms with Crippen LogP contribution in [0.3, 0.4) is 0 Å². The first-order chi connectivity index (χ1) is 9.70. The van der Waals surface area contributed by atoms with Crippen molar-refractivity contribution in [2.75, 3.05) is 0 Å². The Morgan fingerprint density at radius 3 is 2.35 bits per heavy atom. The topological polar surface area (TPSA) is 20.3 Å². The standard InChI is InChI=1S/C17H16INO/c1-2-17(20)19(12-14-8-4-3-5-9-14)13-15-10-6-7-11-16(15)18/h2-11H,1,12-13H2. The van der Waals surface area contributed by atoms with E-state index in [2.05, 4.69) is 41.3 Å². The number of halogens is 1. The molecule has 0 radical (unpaired) electrons. The molecule has 0 unspecified atom stereocenters. The van der Waals surface area contributed by atoms with Crippen LogP contribution in [0.15, 0.2) is 67.3 Å². The largest absolute Gasteiger partial charge is 0.330 e. The fourth-order valence-electron chi connectivity index (χ4n) is 1.98. The highest BCUT2D eigenvalue weighted by molar-refractivity contribution is 14.1. The van der Waals surface area contributed by atoms with Gasteiger partial charge >= 0.3 is 0 Å². The van der Waals surface area contributed by atoms with E-state index in [4.69, 9.17) is 0 Å². The molecular formula is C17H16INO. The molecule has 0 bridgehead atoms. The van der Waals surface area contributed by atoms with Crippen molar-refractivity contribution in [2.24, 2.45) is 0 Å². The Kier molecular flexibility index (Phi) is 5.35. The minimum atomic E-state index is -0.0477. The summed E-state index contributed by atoms with van der Waals surface area (Å²) in [5, 5.41) is 0. The van der Waals surface area contributed by atoms with Crippen molar-refractivity contribution in [1.82, 2.24) is 4.90 Å². The van der Waals surface area contributed by atoms with Gasteiger partial charge in [-0.15, -0.1) is 0 Å². The van der Waals surface area contributed by atoms with Crippen molar-refractivity contribution in [1.29, 1.82) is 0 Å². The van der Waals surface area contributed by atoms with E-state index in [0.29, 0.717) is 13.1 Å². The molecule has 3 heteroatoms. The summed E-state index contributed by atoms with van der Waals surface area (Å²) in [6.45, 7) is 4.78. The predicted octanol–water partition coefficient (Wildman–Crippen LogP) is 4.01. The maximum Gasteiger partial charge on any atom is 0.246 e. The summed E-state index contributed by atoms with van der Waals surface area (Å²) in [6, 6.07) is 18.1. The third-order valence-electron chi connectivity index (χ3n) is 3.02. The molecule has 2 rings (SSSR count). The quantitative estimate of drug-likeness (QED) is 0.570. The van der Waals surface area contributed by atoms with Gasteiger partial charge in [0.15, 0.2) is 0 Å². The summed E-state index contributed by atoms with van der Waals surface area (Å²) in [7, 11) is 0. The molecule has 1 amide bonds. The average molecular weight is 377 g/mol. The second-order valence-corrected chi connectivity index (χ2v) is 5.64. The van der Waals surface area contributed by atoms with Gasteiger partial charge in [0.05, 0.1) is 0 Å². The van der Waals surface area contributed by atoms with Crippen LogP contribution >= 0.6 is 22.6 Å². The van der Waals surface area contributed by atoms with Crippen molar-refractivity contribution in [3.8, 4) is 0 Å². The Hall–Kier alpha value is -1.62. The number of rotatable bonds is 5. The predicted molar refractivity (Wildman–Crippen MR) is 90.1 cm³/mol. The van der Waals surface area contributed by atoms with Gasteiger partial charge in [-0.1, -0.05) is 55.1 Å². The van der Waals surface area contributed by atoms with Crippen molar-refractivity contribution < 1.29 is 4.79 Å². The van der Waals surface area contributed by atoms with Crippen LogP contribution in [-0.2, 0) is 17.9 Å². The Labute approximate surface area is 133 Å². The van der Waals surface area contributed by atoms with Crippen molar-refractivity contribution >= 4 is 28.5 Å². The summed E-state index contributed by atoms with van der Waals surface area (Å²) in [5.41, 5.74) is 2.27. The van der Waals surface area contributed by atoms with Gasteiger partial charge in [0.25, 0.3) is 0 Å². The van der Waals surface area contributed by atoms with Crippen LogP contribution in [0.5, 0.6) is 0 Å². The molecule has 0 atom stereocenters. The van der Waals surface area contributed by atoms with Crippen molar-refractivity contribution in [3.63, 3.8) is 0 Å². The lowest BCUT2D eigenvalue weighted by molar-refractivity contribution is -0.127. The second kappa shape index (κ2) is 7.24. The van der Waals surface area contributed by atoms with Gasteiger partial charge < -0.3 is 4.90 Å². The highest BCUT2D eigenvalue weighted by Crippen LogP contribution is 2.16. The van der Waals surface area contributed by atoms with Gasteiger partial charge in [0.1, 0.15) is 0 Å². The Balaban J connectivity index is 2.18. The Morgan fingerprint density at radius 1 is 1.05 bits per heavy atom. The van der Waals surface area contributed by atoms with E-state index in [0.717, 1.165) is 11.1 Å².